The highest BCUT2D eigenvalue weighted by atomic mass is 32.2. The van der Waals surface area contributed by atoms with Gasteiger partial charge in [0.1, 0.15) is 11.6 Å². The second-order valence-corrected chi connectivity index (χ2v) is 6.48. The van der Waals surface area contributed by atoms with E-state index in [-0.39, 0.29) is 17.3 Å². The molecule has 6 heteroatoms. The minimum Gasteiger partial charge on any atom is -0.305 e. The van der Waals surface area contributed by atoms with Crippen molar-refractivity contribution in [1.29, 1.82) is 5.26 Å². The van der Waals surface area contributed by atoms with Gasteiger partial charge < -0.3 is 4.90 Å². The van der Waals surface area contributed by atoms with Crippen LogP contribution in [0.5, 0.6) is 0 Å². The van der Waals surface area contributed by atoms with Gasteiger partial charge in [-0.2, -0.15) is 5.26 Å². The van der Waals surface area contributed by atoms with Crippen molar-refractivity contribution in [3.05, 3.63) is 59.2 Å². The summed E-state index contributed by atoms with van der Waals surface area (Å²) in [4.78, 5) is 15.0. The summed E-state index contributed by atoms with van der Waals surface area (Å²) >= 11 is 1.33. The van der Waals surface area contributed by atoms with Crippen LogP contribution in [0.3, 0.4) is 0 Å². The summed E-state index contributed by atoms with van der Waals surface area (Å²) < 4.78 is 27.6. The molecule has 0 saturated heterocycles. The molecule has 1 heterocycles. The fourth-order valence-electron chi connectivity index (χ4n) is 2.84. The van der Waals surface area contributed by atoms with Gasteiger partial charge in [-0.3, -0.25) is 4.79 Å². The smallest absolute Gasteiger partial charge is 0.258 e. The number of nitriles is 1. The maximum atomic E-state index is 14.2. The van der Waals surface area contributed by atoms with Gasteiger partial charge in [-0.15, -0.1) is 11.8 Å². The van der Waals surface area contributed by atoms with Crippen LogP contribution in [0.4, 0.5) is 14.5 Å². The van der Waals surface area contributed by atoms with Crippen molar-refractivity contribution in [2.45, 2.75) is 17.7 Å². The van der Waals surface area contributed by atoms with Gasteiger partial charge in [0.05, 0.1) is 17.5 Å². The van der Waals surface area contributed by atoms with E-state index >= 15 is 0 Å². The Hall–Kier alpha value is -2.39. The summed E-state index contributed by atoms with van der Waals surface area (Å²) in [7, 11) is 0. The van der Waals surface area contributed by atoms with Crippen LogP contribution in [0.2, 0.25) is 0 Å². The van der Waals surface area contributed by atoms with Crippen LogP contribution in [0.25, 0.3) is 0 Å². The van der Waals surface area contributed by atoms with Crippen LogP contribution in [-0.2, 0) is 6.42 Å². The molecular formula is C18H14F2N2OS. The van der Waals surface area contributed by atoms with E-state index in [4.69, 9.17) is 5.26 Å². The van der Waals surface area contributed by atoms with E-state index in [0.29, 0.717) is 30.5 Å². The van der Waals surface area contributed by atoms with Crippen molar-refractivity contribution in [3.63, 3.8) is 0 Å². The zero-order valence-electron chi connectivity index (χ0n) is 12.8. The van der Waals surface area contributed by atoms with E-state index in [1.54, 1.807) is 18.2 Å². The first kappa shape index (κ1) is 16.5. The number of halogens is 2. The number of carbonyl (C=O) groups excluding carboxylic acids is 1. The quantitative estimate of drug-likeness (QED) is 0.785. The largest absolute Gasteiger partial charge is 0.305 e. The molecule has 122 valence electrons. The summed E-state index contributed by atoms with van der Waals surface area (Å²) in [5.74, 6) is -1.37. The molecular weight excluding hydrogens is 330 g/mol. The normalized spacial score (nSPS) is 13.3. The zero-order valence-corrected chi connectivity index (χ0v) is 13.6. The highest BCUT2D eigenvalue weighted by Crippen LogP contribution is 2.32. The molecule has 0 radical (unpaired) electrons. The van der Waals surface area contributed by atoms with Crippen LogP contribution >= 0.6 is 11.8 Å². The van der Waals surface area contributed by atoms with Gasteiger partial charge >= 0.3 is 0 Å². The number of anilines is 1. The molecule has 1 aliphatic rings. The molecule has 0 aliphatic carbocycles. The first-order valence-corrected chi connectivity index (χ1v) is 8.48. The summed E-state index contributed by atoms with van der Waals surface area (Å²) in [5, 5.41) is 8.65. The maximum absolute atomic E-state index is 14.2. The first-order chi connectivity index (χ1) is 11.6. The van der Waals surface area contributed by atoms with E-state index in [0.717, 1.165) is 11.0 Å². The van der Waals surface area contributed by atoms with Crippen LogP contribution < -0.4 is 4.90 Å². The molecule has 2 aromatic rings. The van der Waals surface area contributed by atoms with E-state index in [2.05, 4.69) is 0 Å². The molecule has 0 unspecified atom stereocenters. The second-order valence-electron chi connectivity index (χ2n) is 5.43. The van der Waals surface area contributed by atoms with Crippen molar-refractivity contribution in [2.75, 3.05) is 17.2 Å². The summed E-state index contributed by atoms with van der Waals surface area (Å²) in [6, 6.07) is 11.0. The van der Waals surface area contributed by atoms with Crippen LogP contribution in [0.15, 0.2) is 41.3 Å². The van der Waals surface area contributed by atoms with Crippen molar-refractivity contribution in [2.24, 2.45) is 0 Å². The Kier molecular flexibility index (Phi) is 4.81. The Balaban J connectivity index is 1.94. The van der Waals surface area contributed by atoms with Crippen molar-refractivity contribution in [3.8, 4) is 6.07 Å². The molecule has 0 N–H and O–H groups in total. The van der Waals surface area contributed by atoms with Gasteiger partial charge in [-0.1, -0.05) is 6.07 Å². The maximum Gasteiger partial charge on any atom is 0.258 e. The van der Waals surface area contributed by atoms with Gasteiger partial charge in [-0.25, -0.2) is 8.78 Å². The monoisotopic (exact) mass is 344 g/mol. The number of aryl methyl sites for hydroxylation is 1. The zero-order chi connectivity index (χ0) is 17.1. The fraction of sp³-hybridized carbons (Fsp3) is 0.222. The number of nitrogens with zero attached hydrogens (tertiary/aromatic N) is 2. The number of thioether (sulfide) groups is 1. The molecule has 0 fully saturated rings. The molecule has 2 aromatic carbocycles. The average molecular weight is 344 g/mol. The standard InChI is InChI=1S/C18H14F2N2OS/c19-14-9-12-4-2-7-22(17(12)16(20)11-14)18(23)13-3-1-5-15(10-13)24-8-6-21/h1,3,5,9-11H,2,4,7-8H2. The Morgan fingerprint density at radius 2 is 2.12 bits per heavy atom. The third-order valence-corrected chi connectivity index (χ3v) is 4.70. The highest BCUT2D eigenvalue weighted by Gasteiger charge is 2.27. The van der Waals surface area contributed by atoms with Crippen molar-refractivity contribution >= 4 is 23.4 Å². The first-order valence-electron chi connectivity index (χ1n) is 7.50. The van der Waals surface area contributed by atoms with Gasteiger partial charge in [0.15, 0.2) is 0 Å². The highest BCUT2D eigenvalue weighted by molar-refractivity contribution is 7.99. The summed E-state index contributed by atoms with van der Waals surface area (Å²) in [6.45, 7) is 0.393. The van der Waals surface area contributed by atoms with E-state index in [1.165, 1.54) is 22.7 Å². The lowest BCUT2D eigenvalue weighted by Gasteiger charge is -2.30. The molecule has 0 saturated carbocycles. The Bertz CT molecular complexity index is 832. The summed E-state index contributed by atoms with van der Waals surface area (Å²) in [6.07, 6.45) is 1.20. The van der Waals surface area contributed by atoms with Crippen LogP contribution in [0.1, 0.15) is 22.3 Å². The number of carbonyl (C=O) groups is 1. The predicted molar refractivity (Wildman–Crippen MR) is 89.1 cm³/mol. The van der Waals surface area contributed by atoms with Gasteiger partial charge in [0.25, 0.3) is 5.91 Å². The van der Waals surface area contributed by atoms with Gasteiger partial charge in [-0.05, 0) is 42.7 Å². The number of amides is 1. The number of fused-ring (bicyclic) bond motifs is 1. The molecule has 3 nitrogen and oxygen atoms in total. The average Bonchev–Trinajstić information content (AvgIpc) is 2.58. The lowest BCUT2D eigenvalue weighted by Crippen LogP contribution is -2.36. The van der Waals surface area contributed by atoms with Gasteiger partial charge in [0.2, 0.25) is 0 Å². The molecule has 24 heavy (non-hydrogen) atoms. The minimum absolute atomic E-state index is 0.169. The van der Waals surface area contributed by atoms with Crippen LogP contribution in [0, 0.1) is 23.0 Å². The Morgan fingerprint density at radius 1 is 1.29 bits per heavy atom. The molecule has 1 aliphatic heterocycles. The SMILES string of the molecule is N#CCSc1cccc(C(=O)N2CCCc3cc(F)cc(F)c32)c1. The second kappa shape index (κ2) is 7.02. The van der Waals surface area contributed by atoms with Crippen molar-refractivity contribution in [1.82, 2.24) is 0 Å². The summed E-state index contributed by atoms with van der Waals surface area (Å²) in [5.41, 5.74) is 1.11. The predicted octanol–water partition coefficient (Wildman–Crippen LogP) is 4.17. The van der Waals surface area contributed by atoms with E-state index in [1.807, 2.05) is 12.1 Å². The number of benzene rings is 2. The number of hydrogen-bond donors (Lipinski definition) is 0. The Labute approximate surface area is 142 Å². The molecule has 0 spiro atoms. The van der Waals surface area contributed by atoms with Crippen molar-refractivity contribution < 1.29 is 13.6 Å². The van der Waals surface area contributed by atoms with E-state index < -0.39 is 11.6 Å². The third kappa shape index (κ3) is 3.26. The lowest BCUT2D eigenvalue weighted by atomic mass is 10.00. The third-order valence-electron chi connectivity index (χ3n) is 3.83. The minimum atomic E-state index is -0.715. The fourth-order valence-corrected chi connectivity index (χ4v) is 3.46. The number of rotatable bonds is 3. The molecule has 0 aromatic heterocycles. The molecule has 3 rings (SSSR count). The van der Waals surface area contributed by atoms with E-state index in [9.17, 15) is 13.6 Å². The topological polar surface area (TPSA) is 44.1 Å². The molecule has 0 bridgehead atoms. The lowest BCUT2D eigenvalue weighted by molar-refractivity contribution is 0.0984. The number of hydrogen-bond acceptors (Lipinski definition) is 3. The van der Waals surface area contributed by atoms with Gasteiger partial charge in [0, 0.05) is 23.1 Å². The molecule has 1 amide bonds. The van der Waals surface area contributed by atoms with Crippen LogP contribution in [-0.4, -0.2) is 18.2 Å². The Morgan fingerprint density at radius 3 is 2.92 bits per heavy atom. The molecule has 0 atom stereocenters.